The first kappa shape index (κ1) is 9.86. The highest BCUT2D eigenvalue weighted by molar-refractivity contribution is 6.34. The molecule has 1 aromatic carbocycles. The quantitative estimate of drug-likeness (QED) is 0.423. The third-order valence-corrected chi connectivity index (χ3v) is 2.55. The third kappa shape index (κ3) is 1.53. The largest absolute Gasteiger partial charge is 0.277 e. The van der Waals surface area contributed by atoms with Gasteiger partial charge in [-0.25, -0.2) is 4.98 Å². The van der Waals surface area contributed by atoms with E-state index in [2.05, 4.69) is 4.98 Å². The van der Waals surface area contributed by atoms with Crippen LogP contribution in [-0.4, -0.2) is 9.91 Å². The number of non-ortho nitro benzene ring substituents is 1. The van der Waals surface area contributed by atoms with Crippen LogP contribution in [0.2, 0.25) is 5.15 Å². The average Bonchev–Trinajstić information content (AvgIpc) is 2.17. The minimum atomic E-state index is -0.419. The molecule has 76 valence electrons. The normalized spacial score (nSPS) is 10.5. The van der Waals surface area contributed by atoms with Crippen LogP contribution in [-0.2, 0) is 0 Å². The zero-order chi connectivity index (χ0) is 11.0. The van der Waals surface area contributed by atoms with E-state index in [0.29, 0.717) is 15.9 Å². The molecule has 0 amide bonds. The van der Waals surface area contributed by atoms with E-state index >= 15 is 0 Å². The van der Waals surface area contributed by atoms with Gasteiger partial charge in [-0.15, -0.1) is 0 Å². The Morgan fingerprint density at radius 3 is 2.80 bits per heavy atom. The topological polar surface area (TPSA) is 56.0 Å². The molecule has 0 aliphatic heterocycles. The number of aromatic nitrogens is 1. The smallest absolute Gasteiger partial charge is 0.258 e. The van der Waals surface area contributed by atoms with Gasteiger partial charge in [-0.05, 0) is 18.6 Å². The molecule has 1 aromatic heterocycles. The number of nitro benzene ring substituents is 1. The van der Waals surface area contributed by atoms with Gasteiger partial charge in [0, 0.05) is 17.6 Å². The van der Waals surface area contributed by atoms with Crippen molar-refractivity contribution in [1.82, 2.24) is 4.98 Å². The summed E-state index contributed by atoms with van der Waals surface area (Å²) < 4.78 is 0. The fourth-order valence-electron chi connectivity index (χ4n) is 1.56. The van der Waals surface area contributed by atoms with Crippen LogP contribution in [0, 0.1) is 17.0 Å². The van der Waals surface area contributed by atoms with Gasteiger partial charge in [0.15, 0.2) is 0 Å². The molecule has 0 aliphatic carbocycles. The molecule has 2 rings (SSSR count). The summed E-state index contributed by atoms with van der Waals surface area (Å²) in [6, 6.07) is 4.76. The zero-order valence-corrected chi connectivity index (χ0v) is 8.65. The number of nitrogens with zero attached hydrogens (tertiary/aromatic N) is 2. The van der Waals surface area contributed by atoms with Crippen molar-refractivity contribution in [3.63, 3.8) is 0 Å². The molecule has 0 fully saturated rings. The molecule has 1 heterocycles. The number of benzene rings is 1. The Balaban J connectivity index is 2.95. The zero-order valence-electron chi connectivity index (χ0n) is 7.90. The molecule has 0 bridgehead atoms. The number of rotatable bonds is 1. The Hall–Kier alpha value is -1.68. The van der Waals surface area contributed by atoms with Gasteiger partial charge < -0.3 is 0 Å². The van der Waals surface area contributed by atoms with Gasteiger partial charge >= 0.3 is 0 Å². The highest BCUT2D eigenvalue weighted by atomic mass is 35.5. The Morgan fingerprint density at radius 1 is 1.40 bits per heavy atom. The van der Waals surface area contributed by atoms with Gasteiger partial charge in [0.2, 0.25) is 0 Å². The summed E-state index contributed by atoms with van der Waals surface area (Å²) in [5.74, 6) is 0. The van der Waals surface area contributed by atoms with E-state index in [1.165, 1.54) is 12.3 Å². The number of aryl methyl sites for hydroxylation is 1. The van der Waals surface area contributed by atoms with Crippen LogP contribution in [0.5, 0.6) is 0 Å². The SMILES string of the molecule is Cc1ccc([N+](=O)[O-])c2ccnc(Cl)c12. The fraction of sp³-hybridized carbons (Fsp3) is 0.100. The van der Waals surface area contributed by atoms with Crippen molar-refractivity contribution in [2.75, 3.05) is 0 Å². The maximum Gasteiger partial charge on any atom is 0.277 e. The molecule has 0 saturated heterocycles. The van der Waals surface area contributed by atoms with Crippen LogP contribution >= 0.6 is 11.6 Å². The second-order valence-electron chi connectivity index (χ2n) is 3.18. The lowest BCUT2D eigenvalue weighted by molar-refractivity contribution is -0.383. The molecule has 0 aliphatic rings. The minimum Gasteiger partial charge on any atom is -0.258 e. The summed E-state index contributed by atoms with van der Waals surface area (Å²) in [5.41, 5.74) is 0.939. The average molecular weight is 223 g/mol. The van der Waals surface area contributed by atoms with E-state index in [0.717, 1.165) is 5.56 Å². The first-order valence-electron chi connectivity index (χ1n) is 4.29. The van der Waals surface area contributed by atoms with Gasteiger partial charge in [-0.1, -0.05) is 17.7 Å². The molecule has 0 spiro atoms. The highest BCUT2D eigenvalue weighted by Gasteiger charge is 2.14. The maximum absolute atomic E-state index is 10.8. The van der Waals surface area contributed by atoms with Crippen molar-refractivity contribution in [3.05, 3.63) is 45.2 Å². The molecule has 0 radical (unpaired) electrons. The Morgan fingerprint density at radius 2 is 2.13 bits per heavy atom. The van der Waals surface area contributed by atoms with Gasteiger partial charge in [0.25, 0.3) is 5.69 Å². The maximum atomic E-state index is 10.8. The first-order valence-corrected chi connectivity index (χ1v) is 4.67. The van der Waals surface area contributed by atoms with Crippen LogP contribution in [0.15, 0.2) is 24.4 Å². The van der Waals surface area contributed by atoms with E-state index < -0.39 is 4.92 Å². The second kappa shape index (κ2) is 3.47. The first-order chi connectivity index (χ1) is 7.11. The Labute approximate surface area is 90.7 Å². The fourth-order valence-corrected chi connectivity index (χ4v) is 1.87. The predicted molar refractivity (Wildman–Crippen MR) is 58.1 cm³/mol. The summed E-state index contributed by atoms with van der Waals surface area (Å²) >= 11 is 5.91. The lowest BCUT2D eigenvalue weighted by Crippen LogP contribution is -1.92. The van der Waals surface area contributed by atoms with E-state index in [9.17, 15) is 10.1 Å². The summed E-state index contributed by atoms with van der Waals surface area (Å²) in [4.78, 5) is 14.3. The molecular weight excluding hydrogens is 216 g/mol. The molecule has 5 heteroatoms. The minimum absolute atomic E-state index is 0.0555. The molecule has 0 saturated carbocycles. The van der Waals surface area contributed by atoms with E-state index in [-0.39, 0.29) is 5.69 Å². The van der Waals surface area contributed by atoms with Gasteiger partial charge in [-0.2, -0.15) is 0 Å². The Kier molecular flexibility index (Phi) is 2.28. The number of hydrogen-bond acceptors (Lipinski definition) is 3. The molecular formula is C10H7ClN2O2. The van der Waals surface area contributed by atoms with Crippen LogP contribution < -0.4 is 0 Å². The molecule has 15 heavy (non-hydrogen) atoms. The molecule has 0 atom stereocenters. The lowest BCUT2D eigenvalue weighted by Gasteiger charge is -2.03. The summed E-state index contributed by atoms with van der Waals surface area (Å²) in [7, 11) is 0. The number of fused-ring (bicyclic) bond motifs is 1. The number of halogens is 1. The van der Waals surface area contributed by atoms with Gasteiger partial charge in [0.1, 0.15) is 5.15 Å². The number of nitro groups is 1. The van der Waals surface area contributed by atoms with E-state index in [1.54, 1.807) is 12.1 Å². The number of hydrogen-bond donors (Lipinski definition) is 0. The summed E-state index contributed by atoms with van der Waals surface area (Å²) in [6.45, 7) is 1.85. The predicted octanol–water partition coefficient (Wildman–Crippen LogP) is 3.10. The van der Waals surface area contributed by atoms with Crippen molar-refractivity contribution < 1.29 is 4.92 Å². The second-order valence-corrected chi connectivity index (χ2v) is 3.54. The highest BCUT2D eigenvalue weighted by Crippen LogP contribution is 2.31. The van der Waals surface area contributed by atoms with E-state index in [1.807, 2.05) is 6.92 Å². The van der Waals surface area contributed by atoms with Crippen molar-refractivity contribution in [2.45, 2.75) is 6.92 Å². The summed E-state index contributed by atoms with van der Waals surface area (Å²) in [6.07, 6.45) is 1.47. The third-order valence-electron chi connectivity index (χ3n) is 2.26. The molecule has 0 N–H and O–H groups in total. The van der Waals surface area contributed by atoms with Crippen LogP contribution in [0.1, 0.15) is 5.56 Å². The standard InChI is InChI=1S/C10H7ClN2O2/c1-6-2-3-8(13(14)15)7-4-5-12-10(11)9(6)7/h2-5H,1H3. The van der Waals surface area contributed by atoms with Crippen molar-refractivity contribution in [2.24, 2.45) is 0 Å². The monoisotopic (exact) mass is 222 g/mol. The van der Waals surface area contributed by atoms with Crippen LogP contribution in [0.4, 0.5) is 5.69 Å². The van der Waals surface area contributed by atoms with E-state index in [4.69, 9.17) is 11.6 Å². The number of pyridine rings is 1. The Bertz CT molecular complexity index is 546. The van der Waals surface area contributed by atoms with Gasteiger partial charge in [0.05, 0.1) is 10.3 Å². The molecule has 0 unspecified atom stereocenters. The summed E-state index contributed by atoms with van der Waals surface area (Å²) in [5, 5.41) is 12.3. The van der Waals surface area contributed by atoms with Crippen LogP contribution in [0.25, 0.3) is 10.8 Å². The van der Waals surface area contributed by atoms with Crippen LogP contribution in [0.3, 0.4) is 0 Å². The lowest BCUT2D eigenvalue weighted by atomic mass is 10.1. The van der Waals surface area contributed by atoms with Crippen molar-refractivity contribution >= 4 is 28.1 Å². The van der Waals surface area contributed by atoms with Gasteiger partial charge in [-0.3, -0.25) is 10.1 Å². The molecule has 4 nitrogen and oxygen atoms in total. The van der Waals surface area contributed by atoms with Crippen molar-refractivity contribution in [3.8, 4) is 0 Å². The molecule has 2 aromatic rings. The van der Waals surface area contributed by atoms with Crippen molar-refractivity contribution in [1.29, 1.82) is 0 Å².